The van der Waals surface area contributed by atoms with Crippen molar-refractivity contribution < 1.29 is 18.1 Å². The van der Waals surface area contributed by atoms with Crippen molar-refractivity contribution in [3.8, 4) is 0 Å². The quantitative estimate of drug-likeness (QED) is 0.478. The highest BCUT2D eigenvalue weighted by Crippen LogP contribution is 1.90. The Morgan fingerprint density at radius 2 is 2.10 bits per heavy atom. The SMILES string of the molecule is CCC(CO)NS(=O)(=O)O. The summed E-state index contributed by atoms with van der Waals surface area (Å²) in [5.74, 6) is 0. The molecule has 0 aliphatic carbocycles. The number of rotatable bonds is 4. The van der Waals surface area contributed by atoms with Crippen molar-refractivity contribution in [3.63, 3.8) is 0 Å². The predicted molar refractivity (Wildman–Crippen MR) is 35.8 cm³/mol. The van der Waals surface area contributed by atoms with Gasteiger partial charge in [-0.2, -0.15) is 13.1 Å². The van der Waals surface area contributed by atoms with Crippen molar-refractivity contribution in [1.29, 1.82) is 0 Å². The summed E-state index contributed by atoms with van der Waals surface area (Å²) >= 11 is 0. The molecule has 0 aromatic heterocycles. The molecule has 0 rings (SSSR count). The smallest absolute Gasteiger partial charge is 0.333 e. The molecule has 0 heterocycles. The molecule has 0 aliphatic rings. The molecule has 6 heteroatoms. The first-order valence-corrected chi connectivity index (χ1v) is 4.29. The monoisotopic (exact) mass is 169 g/mol. The third kappa shape index (κ3) is 4.68. The topological polar surface area (TPSA) is 86.6 Å². The summed E-state index contributed by atoms with van der Waals surface area (Å²) in [6, 6.07) is -0.588. The molecule has 3 N–H and O–H groups in total. The van der Waals surface area contributed by atoms with Crippen LogP contribution in [0.25, 0.3) is 0 Å². The highest BCUT2D eigenvalue weighted by molar-refractivity contribution is 7.83. The van der Waals surface area contributed by atoms with Crippen molar-refractivity contribution in [1.82, 2.24) is 4.72 Å². The van der Waals surface area contributed by atoms with Crippen LogP contribution in [-0.2, 0) is 10.3 Å². The minimum Gasteiger partial charge on any atom is -0.395 e. The Morgan fingerprint density at radius 3 is 2.20 bits per heavy atom. The lowest BCUT2D eigenvalue weighted by atomic mass is 10.3. The summed E-state index contributed by atoms with van der Waals surface area (Å²) in [6.07, 6.45) is 0.441. The molecule has 0 bridgehead atoms. The Bertz CT molecular complexity index is 172. The summed E-state index contributed by atoms with van der Waals surface area (Å²) in [7, 11) is -4.16. The molecule has 5 nitrogen and oxygen atoms in total. The number of hydrogen-bond acceptors (Lipinski definition) is 3. The van der Waals surface area contributed by atoms with Crippen LogP contribution in [-0.4, -0.2) is 30.7 Å². The van der Waals surface area contributed by atoms with Crippen molar-refractivity contribution in [2.75, 3.05) is 6.61 Å². The fourth-order valence-corrected chi connectivity index (χ4v) is 1.12. The maximum absolute atomic E-state index is 10.1. The lowest BCUT2D eigenvalue weighted by molar-refractivity contribution is 0.250. The first kappa shape index (κ1) is 9.83. The van der Waals surface area contributed by atoms with Gasteiger partial charge in [0.1, 0.15) is 0 Å². The van der Waals surface area contributed by atoms with E-state index in [1.807, 2.05) is 4.72 Å². The van der Waals surface area contributed by atoms with Crippen LogP contribution >= 0.6 is 0 Å². The third-order valence-electron chi connectivity index (χ3n) is 1.03. The summed E-state index contributed by atoms with van der Waals surface area (Å²) < 4.78 is 30.2. The normalized spacial score (nSPS) is 15.1. The van der Waals surface area contributed by atoms with Crippen LogP contribution in [0.3, 0.4) is 0 Å². The number of nitrogens with one attached hydrogen (secondary N) is 1. The zero-order valence-electron chi connectivity index (χ0n) is 5.61. The molecule has 0 aromatic rings. The molecule has 0 fully saturated rings. The molecular formula is C4H11NO4S. The van der Waals surface area contributed by atoms with E-state index in [2.05, 4.69) is 0 Å². The zero-order chi connectivity index (χ0) is 8.20. The minimum atomic E-state index is -4.16. The van der Waals surface area contributed by atoms with Gasteiger partial charge in [0.25, 0.3) is 0 Å². The predicted octanol–water partition coefficient (Wildman–Crippen LogP) is -0.850. The lowest BCUT2D eigenvalue weighted by Gasteiger charge is -2.09. The summed E-state index contributed by atoms with van der Waals surface area (Å²) in [5.41, 5.74) is 0. The van der Waals surface area contributed by atoms with Gasteiger partial charge in [-0.05, 0) is 6.42 Å². The lowest BCUT2D eigenvalue weighted by Crippen LogP contribution is -2.36. The second-order valence-corrected chi connectivity index (χ2v) is 3.07. The molecule has 1 atom stereocenters. The van der Waals surface area contributed by atoms with E-state index in [0.717, 1.165) is 0 Å². The van der Waals surface area contributed by atoms with E-state index >= 15 is 0 Å². The van der Waals surface area contributed by atoms with Crippen LogP contribution in [0.1, 0.15) is 13.3 Å². The van der Waals surface area contributed by atoms with E-state index < -0.39 is 16.3 Å². The third-order valence-corrected chi connectivity index (χ3v) is 1.66. The van der Waals surface area contributed by atoms with Crippen molar-refractivity contribution in [2.45, 2.75) is 19.4 Å². The molecule has 10 heavy (non-hydrogen) atoms. The van der Waals surface area contributed by atoms with E-state index in [1.54, 1.807) is 6.92 Å². The summed E-state index contributed by atoms with van der Waals surface area (Å²) in [6.45, 7) is 1.38. The average molecular weight is 169 g/mol. The molecule has 0 radical (unpaired) electrons. The van der Waals surface area contributed by atoms with Crippen molar-refractivity contribution in [3.05, 3.63) is 0 Å². The van der Waals surface area contributed by atoms with Crippen molar-refractivity contribution >= 4 is 10.3 Å². The van der Waals surface area contributed by atoms with Gasteiger partial charge >= 0.3 is 10.3 Å². The van der Waals surface area contributed by atoms with Crippen LogP contribution in [0, 0.1) is 0 Å². The largest absolute Gasteiger partial charge is 0.395 e. The Labute approximate surface area is 59.9 Å². The Hall–Kier alpha value is -0.170. The van der Waals surface area contributed by atoms with E-state index in [0.29, 0.717) is 6.42 Å². The first-order valence-electron chi connectivity index (χ1n) is 2.85. The van der Waals surface area contributed by atoms with Gasteiger partial charge in [-0.15, -0.1) is 0 Å². The van der Waals surface area contributed by atoms with E-state index in [1.165, 1.54) is 0 Å². The van der Waals surface area contributed by atoms with Gasteiger partial charge in [0.2, 0.25) is 0 Å². The summed E-state index contributed by atoms with van der Waals surface area (Å²) in [4.78, 5) is 0. The molecular weight excluding hydrogens is 158 g/mol. The van der Waals surface area contributed by atoms with Crippen molar-refractivity contribution in [2.24, 2.45) is 0 Å². The van der Waals surface area contributed by atoms with Crippen LogP contribution < -0.4 is 4.72 Å². The maximum atomic E-state index is 10.1. The minimum absolute atomic E-state index is 0.309. The molecule has 0 spiro atoms. The fourth-order valence-electron chi connectivity index (χ4n) is 0.460. The Kier molecular flexibility index (Phi) is 3.80. The molecule has 0 aromatic carbocycles. The second kappa shape index (κ2) is 3.87. The van der Waals surface area contributed by atoms with Gasteiger partial charge in [-0.1, -0.05) is 6.92 Å². The molecule has 0 saturated carbocycles. The van der Waals surface area contributed by atoms with E-state index in [9.17, 15) is 8.42 Å². The standard InChI is InChI=1S/C4H11NO4S/c1-2-4(3-6)5-10(7,8)9/h4-6H,2-3H2,1H3,(H,7,8,9). The zero-order valence-corrected chi connectivity index (χ0v) is 6.43. The van der Waals surface area contributed by atoms with Crippen LogP contribution in [0.4, 0.5) is 0 Å². The maximum Gasteiger partial charge on any atom is 0.333 e. The Morgan fingerprint density at radius 1 is 1.60 bits per heavy atom. The molecule has 0 amide bonds. The molecule has 1 unspecified atom stereocenters. The van der Waals surface area contributed by atoms with Gasteiger partial charge in [-0.25, -0.2) is 0 Å². The fraction of sp³-hybridized carbons (Fsp3) is 1.00. The van der Waals surface area contributed by atoms with Crippen LogP contribution in [0.15, 0.2) is 0 Å². The van der Waals surface area contributed by atoms with Gasteiger partial charge in [0.05, 0.1) is 6.61 Å². The van der Waals surface area contributed by atoms with E-state index in [-0.39, 0.29) is 6.61 Å². The van der Waals surface area contributed by atoms with Gasteiger partial charge in [0, 0.05) is 6.04 Å². The number of aliphatic hydroxyl groups excluding tert-OH is 1. The molecule has 0 saturated heterocycles. The first-order chi connectivity index (χ1) is 4.49. The molecule has 0 aliphatic heterocycles. The van der Waals surface area contributed by atoms with Gasteiger partial charge < -0.3 is 5.11 Å². The number of hydrogen-bond donors (Lipinski definition) is 3. The average Bonchev–Trinajstić information content (AvgIpc) is 1.81. The summed E-state index contributed by atoms with van der Waals surface area (Å²) in [5, 5.41) is 8.45. The molecule has 62 valence electrons. The van der Waals surface area contributed by atoms with E-state index in [4.69, 9.17) is 9.66 Å². The Balaban J connectivity index is 3.87. The van der Waals surface area contributed by atoms with Crippen LogP contribution in [0.2, 0.25) is 0 Å². The van der Waals surface area contributed by atoms with Crippen LogP contribution in [0.5, 0.6) is 0 Å². The second-order valence-electron chi connectivity index (χ2n) is 1.88. The highest BCUT2D eigenvalue weighted by Gasteiger charge is 2.10. The number of aliphatic hydroxyl groups is 1. The van der Waals surface area contributed by atoms with Gasteiger partial charge in [-0.3, -0.25) is 4.55 Å². The van der Waals surface area contributed by atoms with Gasteiger partial charge in [0.15, 0.2) is 0 Å². The highest BCUT2D eigenvalue weighted by atomic mass is 32.2.